The molecule has 1 aromatic rings. The van der Waals surface area contributed by atoms with Gasteiger partial charge in [-0.1, -0.05) is 23.4 Å². The zero-order valence-corrected chi connectivity index (χ0v) is 13.2. The third-order valence-electron chi connectivity index (χ3n) is 2.23. The van der Waals surface area contributed by atoms with Gasteiger partial charge in [-0.25, -0.2) is 0 Å². The lowest BCUT2D eigenvalue weighted by molar-refractivity contribution is 0.318. The van der Waals surface area contributed by atoms with Crippen molar-refractivity contribution >= 4 is 39.5 Å². The van der Waals surface area contributed by atoms with Crippen LogP contribution in [-0.4, -0.2) is 23.0 Å². The van der Waals surface area contributed by atoms with E-state index in [1.54, 1.807) is 18.0 Å². The molecule has 3 nitrogen and oxygen atoms in total. The van der Waals surface area contributed by atoms with Gasteiger partial charge in [-0.05, 0) is 43.4 Å². The number of hydrogen-bond acceptors (Lipinski definition) is 5. The van der Waals surface area contributed by atoms with Gasteiger partial charge in [0.1, 0.15) is 10.1 Å². The van der Waals surface area contributed by atoms with Crippen LogP contribution in [0.1, 0.15) is 12.0 Å². The molecule has 1 aromatic carbocycles. The predicted molar refractivity (Wildman–Crippen MR) is 85.3 cm³/mol. The Bertz CT molecular complexity index is 486. The summed E-state index contributed by atoms with van der Waals surface area (Å²) in [6.45, 7) is 2.59. The minimum Gasteiger partial charge on any atom is -0.494 e. The maximum absolute atomic E-state index is 8.47. The third kappa shape index (κ3) is 6.24. The molecule has 0 saturated carbocycles. The highest BCUT2D eigenvalue weighted by molar-refractivity contribution is 8.38. The molecular formula is C13H15ClN2OS2. The first-order chi connectivity index (χ1) is 9.17. The molecule has 0 aromatic heterocycles. The topological polar surface area (TPSA) is 45.4 Å². The summed E-state index contributed by atoms with van der Waals surface area (Å²) in [5.74, 6) is 1.72. The number of nitrogens with zero attached hydrogens (tertiary/aromatic N) is 2. The van der Waals surface area contributed by atoms with E-state index in [2.05, 4.69) is 4.99 Å². The van der Waals surface area contributed by atoms with Crippen LogP contribution in [0.4, 0.5) is 0 Å². The maximum Gasteiger partial charge on any atom is 0.207 e. The van der Waals surface area contributed by atoms with Crippen molar-refractivity contribution in [3.05, 3.63) is 28.8 Å². The van der Waals surface area contributed by atoms with E-state index in [1.165, 1.54) is 11.8 Å². The van der Waals surface area contributed by atoms with Gasteiger partial charge in [0.2, 0.25) is 6.19 Å². The predicted octanol–water partition coefficient (Wildman–Crippen LogP) is 4.35. The molecule has 0 radical (unpaired) electrons. The second kappa shape index (κ2) is 9.13. The number of aliphatic imine (C=N–C) groups is 1. The van der Waals surface area contributed by atoms with Gasteiger partial charge in [0.15, 0.2) is 0 Å². The highest BCUT2D eigenvalue weighted by atomic mass is 35.5. The lowest BCUT2D eigenvalue weighted by atomic mass is 10.2. The highest BCUT2D eigenvalue weighted by Gasteiger charge is 2.00. The standard InChI is InChI=1S/C13H15ClN2OS2/c1-10-8-11(4-5-12(10)14)17-6-3-7-19-13(18-2)16-9-15/h4-5,8H,3,6-7H2,1-2H3. The number of ether oxygens (including phenoxy) is 1. The summed E-state index contributed by atoms with van der Waals surface area (Å²) in [6, 6.07) is 5.64. The average Bonchev–Trinajstić information content (AvgIpc) is 2.41. The second-order valence-corrected chi connectivity index (χ2v) is 6.19. The van der Waals surface area contributed by atoms with Crippen molar-refractivity contribution in [1.29, 1.82) is 5.26 Å². The summed E-state index contributed by atoms with van der Waals surface area (Å²) < 4.78 is 6.43. The van der Waals surface area contributed by atoms with Crippen LogP contribution in [-0.2, 0) is 0 Å². The monoisotopic (exact) mass is 314 g/mol. The van der Waals surface area contributed by atoms with Crippen LogP contribution in [0.3, 0.4) is 0 Å². The van der Waals surface area contributed by atoms with E-state index in [1.807, 2.05) is 31.4 Å². The van der Waals surface area contributed by atoms with Crippen molar-refractivity contribution in [3.8, 4) is 11.9 Å². The first kappa shape index (κ1) is 16.2. The highest BCUT2D eigenvalue weighted by Crippen LogP contribution is 2.21. The van der Waals surface area contributed by atoms with Crippen molar-refractivity contribution in [2.45, 2.75) is 13.3 Å². The quantitative estimate of drug-likeness (QED) is 0.351. The van der Waals surface area contributed by atoms with Crippen LogP contribution in [0.15, 0.2) is 23.2 Å². The van der Waals surface area contributed by atoms with E-state index in [9.17, 15) is 0 Å². The molecule has 0 amide bonds. The summed E-state index contributed by atoms with van der Waals surface area (Å²) >= 11 is 9.01. The van der Waals surface area contributed by atoms with Crippen molar-refractivity contribution in [1.82, 2.24) is 0 Å². The minimum atomic E-state index is 0.641. The molecular weight excluding hydrogens is 300 g/mol. The summed E-state index contributed by atoms with van der Waals surface area (Å²) in [6.07, 6.45) is 4.61. The van der Waals surface area contributed by atoms with Crippen LogP contribution in [0.25, 0.3) is 0 Å². The Morgan fingerprint density at radius 1 is 1.53 bits per heavy atom. The number of halogens is 1. The maximum atomic E-state index is 8.47. The van der Waals surface area contributed by atoms with E-state index in [0.29, 0.717) is 6.61 Å². The summed E-state index contributed by atoms with van der Waals surface area (Å²) in [7, 11) is 0. The normalized spacial score (nSPS) is 11.2. The molecule has 0 aliphatic rings. The molecule has 1 rings (SSSR count). The zero-order chi connectivity index (χ0) is 14.1. The molecule has 0 fully saturated rings. The summed E-state index contributed by atoms with van der Waals surface area (Å²) in [5, 5.41) is 9.22. The summed E-state index contributed by atoms with van der Waals surface area (Å²) in [4.78, 5) is 3.71. The molecule has 0 saturated heterocycles. The molecule has 0 aliphatic heterocycles. The van der Waals surface area contributed by atoms with Gasteiger partial charge in [0.25, 0.3) is 0 Å². The molecule has 6 heteroatoms. The van der Waals surface area contributed by atoms with E-state index in [0.717, 1.165) is 32.9 Å². The molecule has 0 atom stereocenters. The Kier molecular flexibility index (Phi) is 7.80. The number of hydrogen-bond donors (Lipinski definition) is 0. The van der Waals surface area contributed by atoms with E-state index >= 15 is 0 Å². The average molecular weight is 315 g/mol. The number of nitriles is 1. The lowest BCUT2D eigenvalue weighted by Gasteiger charge is -2.07. The fourth-order valence-corrected chi connectivity index (χ4v) is 2.81. The molecule has 0 N–H and O–H groups in total. The van der Waals surface area contributed by atoms with Crippen molar-refractivity contribution in [3.63, 3.8) is 0 Å². The Morgan fingerprint density at radius 3 is 2.95 bits per heavy atom. The molecule has 0 aliphatic carbocycles. The van der Waals surface area contributed by atoms with E-state index < -0.39 is 0 Å². The third-order valence-corrected chi connectivity index (χ3v) is 4.78. The Morgan fingerprint density at radius 2 is 2.32 bits per heavy atom. The number of aryl methyl sites for hydroxylation is 1. The van der Waals surface area contributed by atoms with Crippen molar-refractivity contribution in [2.24, 2.45) is 4.99 Å². The summed E-state index contributed by atoms with van der Waals surface area (Å²) in [5.41, 5.74) is 1.01. The van der Waals surface area contributed by atoms with Crippen LogP contribution in [0.2, 0.25) is 5.02 Å². The molecule has 19 heavy (non-hydrogen) atoms. The first-order valence-electron chi connectivity index (χ1n) is 5.70. The van der Waals surface area contributed by atoms with Gasteiger partial charge in [0, 0.05) is 10.8 Å². The van der Waals surface area contributed by atoms with E-state index in [-0.39, 0.29) is 0 Å². The minimum absolute atomic E-state index is 0.641. The SMILES string of the molecule is CSC(=NC#N)SCCCOc1ccc(Cl)c(C)c1. The van der Waals surface area contributed by atoms with Crippen LogP contribution >= 0.6 is 35.1 Å². The molecule has 0 bridgehead atoms. The van der Waals surface area contributed by atoms with Gasteiger partial charge < -0.3 is 4.74 Å². The first-order valence-corrected chi connectivity index (χ1v) is 8.28. The zero-order valence-electron chi connectivity index (χ0n) is 10.9. The second-order valence-electron chi connectivity index (χ2n) is 3.64. The Balaban J connectivity index is 2.26. The molecule has 102 valence electrons. The van der Waals surface area contributed by atoms with Gasteiger partial charge in [-0.3, -0.25) is 0 Å². The molecule has 0 spiro atoms. The largest absolute Gasteiger partial charge is 0.494 e. The molecule has 0 heterocycles. The van der Waals surface area contributed by atoms with Crippen LogP contribution in [0.5, 0.6) is 5.75 Å². The van der Waals surface area contributed by atoms with Gasteiger partial charge in [-0.2, -0.15) is 10.3 Å². The fourth-order valence-electron chi connectivity index (χ4n) is 1.29. The fraction of sp³-hybridized carbons (Fsp3) is 0.385. The van der Waals surface area contributed by atoms with Crippen LogP contribution < -0.4 is 4.74 Å². The van der Waals surface area contributed by atoms with Crippen molar-refractivity contribution < 1.29 is 4.74 Å². The number of thioether (sulfide) groups is 2. The van der Waals surface area contributed by atoms with E-state index in [4.69, 9.17) is 21.6 Å². The van der Waals surface area contributed by atoms with Gasteiger partial charge in [0.05, 0.1) is 6.61 Å². The van der Waals surface area contributed by atoms with Gasteiger partial charge in [-0.15, -0.1) is 11.8 Å². The van der Waals surface area contributed by atoms with Gasteiger partial charge >= 0.3 is 0 Å². The van der Waals surface area contributed by atoms with Crippen molar-refractivity contribution in [2.75, 3.05) is 18.6 Å². The number of rotatable bonds is 5. The lowest BCUT2D eigenvalue weighted by Crippen LogP contribution is -2.00. The number of benzene rings is 1. The molecule has 0 unspecified atom stereocenters. The Labute approximate surface area is 127 Å². The smallest absolute Gasteiger partial charge is 0.207 e. The Hall–Kier alpha value is -0.830. The van der Waals surface area contributed by atoms with Crippen LogP contribution in [0, 0.1) is 18.4 Å².